The number of hydrogen-bond donors (Lipinski definition) is 1. The Balaban J connectivity index is 1.63. The number of hydrogen-bond acceptors (Lipinski definition) is 2. The largest absolute Gasteiger partial charge is 0.390 e. The van der Waals surface area contributed by atoms with Gasteiger partial charge in [-0.3, -0.25) is 0 Å². The van der Waals surface area contributed by atoms with Crippen molar-refractivity contribution in [2.75, 3.05) is 26.2 Å². The third-order valence-corrected chi connectivity index (χ3v) is 3.67. The summed E-state index contributed by atoms with van der Waals surface area (Å²) in [6, 6.07) is 10.5. The van der Waals surface area contributed by atoms with Crippen molar-refractivity contribution >= 4 is 0 Å². The third kappa shape index (κ3) is 5.51. The Bertz CT molecular complexity index is 392. The van der Waals surface area contributed by atoms with Crippen molar-refractivity contribution in [2.45, 2.75) is 31.5 Å². The monoisotopic (exact) mass is 286 g/mol. The van der Waals surface area contributed by atoms with Crippen LogP contribution >= 0.6 is 0 Å². The van der Waals surface area contributed by atoms with Crippen LogP contribution in [0.2, 0.25) is 0 Å². The number of halogens is 3. The fourth-order valence-corrected chi connectivity index (χ4v) is 2.55. The van der Waals surface area contributed by atoms with E-state index in [9.17, 15) is 13.2 Å². The van der Waals surface area contributed by atoms with Gasteiger partial charge < -0.3 is 10.2 Å². The normalized spacial score (nSPS) is 20.4. The van der Waals surface area contributed by atoms with E-state index in [1.54, 1.807) is 0 Å². The zero-order valence-corrected chi connectivity index (χ0v) is 11.5. The van der Waals surface area contributed by atoms with Crippen molar-refractivity contribution in [3.05, 3.63) is 35.9 Å². The summed E-state index contributed by atoms with van der Waals surface area (Å²) in [6.07, 6.45) is -2.87. The van der Waals surface area contributed by atoms with Gasteiger partial charge in [0.1, 0.15) is 0 Å². The topological polar surface area (TPSA) is 15.3 Å². The van der Waals surface area contributed by atoms with Crippen molar-refractivity contribution in [3.63, 3.8) is 0 Å². The minimum absolute atomic E-state index is 0.0285. The number of nitrogens with one attached hydrogen (secondary N) is 1. The molecule has 0 radical (unpaired) electrons. The molecular formula is C15H21F3N2. The lowest BCUT2D eigenvalue weighted by Crippen LogP contribution is -2.35. The molecule has 1 saturated heterocycles. The molecule has 0 amide bonds. The van der Waals surface area contributed by atoms with Crippen molar-refractivity contribution in [1.29, 1.82) is 0 Å². The second kappa shape index (κ2) is 7.09. The van der Waals surface area contributed by atoms with Gasteiger partial charge in [0.25, 0.3) is 0 Å². The number of alkyl halides is 3. The molecule has 1 N–H and O–H groups in total. The Morgan fingerprint density at radius 1 is 1.20 bits per heavy atom. The van der Waals surface area contributed by atoms with Gasteiger partial charge in [-0.1, -0.05) is 30.3 Å². The maximum atomic E-state index is 12.1. The first-order valence-corrected chi connectivity index (χ1v) is 7.09. The Hall–Kier alpha value is -1.07. The SMILES string of the molecule is FC(F)(F)CCNC1CCN(CCc2ccccc2)C1. The van der Waals surface area contributed by atoms with Crippen LogP contribution in [0.5, 0.6) is 0 Å². The summed E-state index contributed by atoms with van der Waals surface area (Å²) in [4.78, 5) is 2.32. The van der Waals surface area contributed by atoms with E-state index in [1.807, 2.05) is 18.2 Å². The molecule has 1 heterocycles. The third-order valence-electron chi connectivity index (χ3n) is 3.67. The van der Waals surface area contributed by atoms with Crippen LogP contribution < -0.4 is 5.32 Å². The molecule has 112 valence electrons. The Kier molecular flexibility index (Phi) is 5.43. The standard InChI is InChI=1S/C15H21F3N2/c16-15(17,18)8-9-19-14-7-11-20(12-14)10-6-13-4-2-1-3-5-13/h1-5,14,19H,6-12H2. The highest BCUT2D eigenvalue weighted by Gasteiger charge is 2.28. The highest BCUT2D eigenvalue weighted by Crippen LogP contribution is 2.19. The van der Waals surface area contributed by atoms with Gasteiger partial charge in [-0.05, 0) is 24.9 Å². The maximum Gasteiger partial charge on any atom is 0.390 e. The predicted molar refractivity (Wildman–Crippen MR) is 73.7 cm³/mol. The first-order valence-electron chi connectivity index (χ1n) is 7.09. The van der Waals surface area contributed by atoms with E-state index in [0.29, 0.717) is 0 Å². The molecule has 5 heteroatoms. The fraction of sp³-hybridized carbons (Fsp3) is 0.600. The van der Waals surface area contributed by atoms with E-state index >= 15 is 0 Å². The van der Waals surface area contributed by atoms with E-state index in [0.717, 1.165) is 32.5 Å². The van der Waals surface area contributed by atoms with E-state index < -0.39 is 12.6 Å². The second-order valence-corrected chi connectivity index (χ2v) is 5.34. The summed E-state index contributed by atoms with van der Waals surface area (Å²) in [7, 11) is 0. The van der Waals surface area contributed by atoms with Crippen LogP contribution in [0.4, 0.5) is 13.2 Å². The average Bonchev–Trinajstić information content (AvgIpc) is 2.84. The molecule has 0 spiro atoms. The summed E-state index contributed by atoms with van der Waals surface area (Å²) in [6.45, 7) is 2.82. The Labute approximate surface area is 118 Å². The number of benzene rings is 1. The van der Waals surface area contributed by atoms with Crippen LogP contribution in [-0.4, -0.2) is 43.3 Å². The predicted octanol–water partition coefficient (Wildman–Crippen LogP) is 2.85. The Morgan fingerprint density at radius 2 is 1.95 bits per heavy atom. The second-order valence-electron chi connectivity index (χ2n) is 5.34. The molecule has 1 fully saturated rings. The van der Waals surface area contributed by atoms with Gasteiger partial charge in [0.2, 0.25) is 0 Å². The molecule has 20 heavy (non-hydrogen) atoms. The van der Waals surface area contributed by atoms with Crippen molar-refractivity contribution < 1.29 is 13.2 Å². The van der Waals surface area contributed by atoms with Crippen LogP contribution in [0.3, 0.4) is 0 Å². The summed E-state index contributed by atoms with van der Waals surface area (Å²) >= 11 is 0. The van der Waals surface area contributed by atoms with Gasteiger partial charge in [0.15, 0.2) is 0 Å². The lowest BCUT2D eigenvalue weighted by molar-refractivity contribution is -0.133. The first kappa shape index (κ1) is 15.3. The molecule has 1 aliphatic rings. The summed E-state index contributed by atoms with van der Waals surface area (Å²) in [5.74, 6) is 0. The van der Waals surface area contributed by atoms with Crippen molar-refractivity contribution in [2.24, 2.45) is 0 Å². The molecule has 1 unspecified atom stereocenters. The van der Waals surface area contributed by atoms with Gasteiger partial charge in [-0.2, -0.15) is 13.2 Å². The average molecular weight is 286 g/mol. The van der Waals surface area contributed by atoms with Gasteiger partial charge in [0, 0.05) is 25.7 Å². The molecule has 0 saturated carbocycles. The molecule has 1 aliphatic heterocycles. The first-order chi connectivity index (χ1) is 9.53. The van der Waals surface area contributed by atoms with Gasteiger partial charge in [-0.25, -0.2) is 0 Å². The Morgan fingerprint density at radius 3 is 2.65 bits per heavy atom. The highest BCUT2D eigenvalue weighted by molar-refractivity contribution is 5.14. The number of nitrogens with zero attached hydrogens (tertiary/aromatic N) is 1. The van der Waals surface area contributed by atoms with Crippen LogP contribution in [0.25, 0.3) is 0 Å². The molecular weight excluding hydrogens is 265 g/mol. The molecule has 0 aromatic heterocycles. The lowest BCUT2D eigenvalue weighted by Gasteiger charge is -2.17. The number of rotatable bonds is 6. The summed E-state index contributed by atoms with van der Waals surface area (Å²) in [5, 5.41) is 3.00. The molecule has 2 rings (SSSR count). The fourth-order valence-electron chi connectivity index (χ4n) is 2.55. The van der Waals surface area contributed by atoms with E-state index in [4.69, 9.17) is 0 Å². The smallest absolute Gasteiger partial charge is 0.312 e. The van der Waals surface area contributed by atoms with E-state index in [2.05, 4.69) is 22.3 Å². The van der Waals surface area contributed by atoms with Gasteiger partial charge >= 0.3 is 6.18 Å². The van der Waals surface area contributed by atoms with Crippen LogP contribution in [0, 0.1) is 0 Å². The minimum Gasteiger partial charge on any atom is -0.312 e. The quantitative estimate of drug-likeness (QED) is 0.865. The lowest BCUT2D eigenvalue weighted by atomic mass is 10.1. The maximum absolute atomic E-state index is 12.1. The minimum atomic E-state index is -4.06. The zero-order chi connectivity index (χ0) is 14.4. The summed E-state index contributed by atoms with van der Waals surface area (Å²) in [5.41, 5.74) is 1.31. The van der Waals surface area contributed by atoms with E-state index in [1.165, 1.54) is 5.56 Å². The summed E-state index contributed by atoms with van der Waals surface area (Å²) < 4.78 is 36.2. The molecule has 1 aromatic rings. The van der Waals surface area contributed by atoms with Crippen molar-refractivity contribution in [3.8, 4) is 0 Å². The molecule has 1 atom stereocenters. The molecule has 0 bridgehead atoms. The number of likely N-dealkylation sites (tertiary alicyclic amines) is 1. The molecule has 2 nitrogen and oxygen atoms in total. The van der Waals surface area contributed by atoms with Gasteiger partial charge in [-0.15, -0.1) is 0 Å². The van der Waals surface area contributed by atoms with Crippen LogP contribution in [-0.2, 0) is 6.42 Å². The molecule has 0 aliphatic carbocycles. The zero-order valence-electron chi connectivity index (χ0n) is 11.5. The van der Waals surface area contributed by atoms with Gasteiger partial charge in [0.05, 0.1) is 6.42 Å². The molecule has 1 aromatic carbocycles. The van der Waals surface area contributed by atoms with Crippen molar-refractivity contribution in [1.82, 2.24) is 10.2 Å². The van der Waals surface area contributed by atoms with E-state index in [-0.39, 0.29) is 12.6 Å². The van der Waals surface area contributed by atoms with Crippen LogP contribution in [0.1, 0.15) is 18.4 Å². The highest BCUT2D eigenvalue weighted by atomic mass is 19.4. The van der Waals surface area contributed by atoms with Crippen LogP contribution in [0.15, 0.2) is 30.3 Å².